The van der Waals surface area contributed by atoms with Crippen LogP contribution in [-0.2, 0) is 6.42 Å². The summed E-state index contributed by atoms with van der Waals surface area (Å²) in [5, 5.41) is 3.23. The molecule has 0 bridgehead atoms. The van der Waals surface area contributed by atoms with Crippen LogP contribution in [0.2, 0.25) is 0 Å². The molecule has 1 N–H and O–H groups in total. The molecule has 1 atom stereocenters. The Balaban J connectivity index is 2.20. The van der Waals surface area contributed by atoms with Crippen LogP contribution in [0.3, 0.4) is 0 Å². The van der Waals surface area contributed by atoms with Gasteiger partial charge in [-0.15, -0.1) is 0 Å². The summed E-state index contributed by atoms with van der Waals surface area (Å²) in [6.07, 6.45) is 2.11. The van der Waals surface area contributed by atoms with E-state index in [0.29, 0.717) is 0 Å². The molecule has 1 heterocycles. The maximum Gasteiger partial charge on any atom is 0.141 e. The van der Waals surface area contributed by atoms with Crippen molar-refractivity contribution in [3.05, 3.63) is 65.2 Å². The number of halogens is 1. The smallest absolute Gasteiger partial charge is 0.141 e. The number of aromatic nitrogens is 1. The first kappa shape index (κ1) is 12.7. The fraction of sp³-hybridized carbons (Fsp3) is 0.267. The van der Waals surface area contributed by atoms with Gasteiger partial charge in [0.05, 0.1) is 17.9 Å². The van der Waals surface area contributed by atoms with Gasteiger partial charge in [0.15, 0.2) is 0 Å². The Morgan fingerprint density at radius 2 is 2.00 bits per heavy atom. The van der Waals surface area contributed by atoms with E-state index in [1.165, 1.54) is 23.4 Å². The molecule has 0 radical (unpaired) electrons. The van der Waals surface area contributed by atoms with Crippen LogP contribution >= 0.6 is 0 Å². The molecule has 0 aliphatic rings. The van der Waals surface area contributed by atoms with Crippen molar-refractivity contribution in [2.24, 2.45) is 0 Å². The summed E-state index contributed by atoms with van der Waals surface area (Å²) in [4.78, 5) is 4.14. The van der Waals surface area contributed by atoms with Crippen LogP contribution < -0.4 is 5.32 Å². The minimum absolute atomic E-state index is 0.103. The quantitative estimate of drug-likeness (QED) is 0.894. The van der Waals surface area contributed by atoms with Gasteiger partial charge >= 0.3 is 0 Å². The third-order valence-electron chi connectivity index (χ3n) is 3.14. The standard InChI is InChI=1S/C15H17FN2/c1-11-5-3-4-6-12(11)9-15(17-2)14-8-7-13(16)10-18-14/h3-8,10,15,17H,9H2,1-2H3. The van der Waals surface area contributed by atoms with Crippen molar-refractivity contribution in [1.82, 2.24) is 10.3 Å². The van der Waals surface area contributed by atoms with Crippen molar-refractivity contribution in [3.8, 4) is 0 Å². The molecule has 94 valence electrons. The lowest BCUT2D eigenvalue weighted by Crippen LogP contribution is -2.20. The van der Waals surface area contributed by atoms with Crippen LogP contribution in [0, 0.1) is 12.7 Å². The molecular formula is C15H17FN2. The van der Waals surface area contributed by atoms with E-state index in [0.717, 1.165) is 12.1 Å². The average molecular weight is 244 g/mol. The summed E-state index contributed by atoms with van der Waals surface area (Å²) < 4.78 is 12.9. The second-order valence-electron chi connectivity index (χ2n) is 4.37. The molecule has 2 rings (SSSR count). The summed E-state index contributed by atoms with van der Waals surface area (Å²) in [5.74, 6) is -0.301. The minimum Gasteiger partial charge on any atom is -0.311 e. The number of nitrogens with zero attached hydrogens (tertiary/aromatic N) is 1. The van der Waals surface area contributed by atoms with Crippen molar-refractivity contribution >= 4 is 0 Å². The van der Waals surface area contributed by atoms with E-state index in [9.17, 15) is 4.39 Å². The number of nitrogens with one attached hydrogen (secondary N) is 1. The lowest BCUT2D eigenvalue weighted by molar-refractivity contribution is 0.564. The molecule has 0 aliphatic heterocycles. The van der Waals surface area contributed by atoms with Gasteiger partial charge < -0.3 is 5.32 Å². The fourth-order valence-corrected chi connectivity index (χ4v) is 2.01. The number of benzene rings is 1. The second-order valence-corrected chi connectivity index (χ2v) is 4.37. The van der Waals surface area contributed by atoms with E-state index in [2.05, 4.69) is 29.4 Å². The Morgan fingerprint density at radius 3 is 2.61 bits per heavy atom. The molecule has 0 saturated carbocycles. The molecule has 1 aromatic carbocycles. The second kappa shape index (κ2) is 5.74. The molecule has 0 saturated heterocycles. The molecule has 18 heavy (non-hydrogen) atoms. The Hall–Kier alpha value is -1.74. The van der Waals surface area contributed by atoms with Crippen molar-refractivity contribution < 1.29 is 4.39 Å². The topological polar surface area (TPSA) is 24.9 Å². The summed E-state index contributed by atoms with van der Waals surface area (Å²) in [6.45, 7) is 2.10. The first-order valence-corrected chi connectivity index (χ1v) is 6.04. The van der Waals surface area contributed by atoms with Gasteiger partial charge in [0.2, 0.25) is 0 Å². The SMILES string of the molecule is CNC(Cc1ccccc1C)c1ccc(F)cn1. The molecular weight excluding hydrogens is 227 g/mol. The number of rotatable bonds is 4. The van der Waals surface area contributed by atoms with Gasteiger partial charge in [-0.05, 0) is 43.7 Å². The van der Waals surface area contributed by atoms with Gasteiger partial charge in [-0.3, -0.25) is 4.98 Å². The highest BCUT2D eigenvalue weighted by Crippen LogP contribution is 2.18. The van der Waals surface area contributed by atoms with Crippen LogP contribution in [-0.4, -0.2) is 12.0 Å². The zero-order valence-electron chi connectivity index (χ0n) is 10.7. The van der Waals surface area contributed by atoms with Gasteiger partial charge in [0, 0.05) is 0 Å². The summed E-state index contributed by atoms with van der Waals surface area (Å²) in [6, 6.07) is 11.6. The van der Waals surface area contributed by atoms with Gasteiger partial charge in [0.1, 0.15) is 5.82 Å². The first-order chi connectivity index (χ1) is 8.70. The molecule has 2 nitrogen and oxygen atoms in total. The summed E-state index contributed by atoms with van der Waals surface area (Å²) in [7, 11) is 1.90. The maximum atomic E-state index is 12.9. The highest BCUT2D eigenvalue weighted by atomic mass is 19.1. The monoisotopic (exact) mass is 244 g/mol. The Bertz CT molecular complexity index is 508. The largest absolute Gasteiger partial charge is 0.311 e. The molecule has 3 heteroatoms. The predicted molar refractivity (Wildman–Crippen MR) is 70.9 cm³/mol. The number of aryl methyl sites for hydroxylation is 1. The Kier molecular flexibility index (Phi) is 4.05. The van der Waals surface area contributed by atoms with Gasteiger partial charge in [-0.1, -0.05) is 24.3 Å². The van der Waals surface area contributed by atoms with Gasteiger partial charge in [-0.25, -0.2) is 4.39 Å². The third kappa shape index (κ3) is 2.93. The molecule has 0 aliphatic carbocycles. The molecule has 1 aromatic heterocycles. The normalized spacial score (nSPS) is 12.4. The Labute approximate surface area is 107 Å². The third-order valence-corrected chi connectivity index (χ3v) is 3.14. The lowest BCUT2D eigenvalue weighted by Gasteiger charge is -2.17. The predicted octanol–water partition coefficient (Wildman–Crippen LogP) is 3.03. The van der Waals surface area contributed by atoms with Gasteiger partial charge in [0.25, 0.3) is 0 Å². The summed E-state index contributed by atoms with van der Waals surface area (Å²) >= 11 is 0. The maximum absolute atomic E-state index is 12.9. The van der Waals surface area contributed by atoms with Crippen molar-refractivity contribution in [1.29, 1.82) is 0 Å². The van der Waals surface area contributed by atoms with Crippen molar-refractivity contribution in [2.45, 2.75) is 19.4 Å². The van der Waals surface area contributed by atoms with Crippen LogP contribution in [0.15, 0.2) is 42.6 Å². The molecule has 0 fully saturated rings. The highest BCUT2D eigenvalue weighted by Gasteiger charge is 2.12. The number of hydrogen-bond donors (Lipinski definition) is 1. The molecule has 2 aromatic rings. The van der Waals surface area contributed by atoms with Gasteiger partial charge in [-0.2, -0.15) is 0 Å². The van der Waals surface area contributed by atoms with E-state index in [-0.39, 0.29) is 11.9 Å². The van der Waals surface area contributed by atoms with E-state index in [1.54, 1.807) is 6.07 Å². The average Bonchev–Trinajstić information content (AvgIpc) is 2.39. The van der Waals surface area contributed by atoms with E-state index >= 15 is 0 Å². The highest BCUT2D eigenvalue weighted by molar-refractivity contribution is 5.27. The van der Waals surface area contributed by atoms with Crippen LogP contribution in [0.1, 0.15) is 22.9 Å². The van der Waals surface area contributed by atoms with Crippen molar-refractivity contribution in [3.63, 3.8) is 0 Å². The number of pyridine rings is 1. The van der Waals surface area contributed by atoms with Crippen LogP contribution in [0.5, 0.6) is 0 Å². The first-order valence-electron chi connectivity index (χ1n) is 6.04. The Morgan fingerprint density at radius 1 is 1.22 bits per heavy atom. The van der Waals surface area contributed by atoms with E-state index < -0.39 is 0 Å². The van der Waals surface area contributed by atoms with Crippen LogP contribution in [0.25, 0.3) is 0 Å². The number of hydrogen-bond acceptors (Lipinski definition) is 2. The zero-order chi connectivity index (χ0) is 13.0. The number of likely N-dealkylation sites (N-methyl/N-ethyl adjacent to an activating group) is 1. The van der Waals surface area contributed by atoms with E-state index in [1.807, 2.05) is 19.2 Å². The zero-order valence-corrected chi connectivity index (χ0v) is 10.7. The van der Waals surface area contributed by atoms with Crippen molar-refractivity contribution in [2.75, 3.05) is 7.05 Å². The fourth-order valence-electron chi connectivity index (χ4n) is 2.01. The molecule has 1 unspecified atom stereocenters. The van der Waals surface area contributed by atoms with Crippen LogP contribution in [0.4, 0.5) is 4.39 Å². The lowest BCUT2D eigenvalue weighted by atomic mass is 9.99. The molecule has 0 spiro atoms. The summed E-state index contributed by atoms with van der Waals surface area (Å²) in [5.41, 5.74) is 3.41. The molecule has 0 amide bonds. The van der Waals surface area contributed by atoms with E-state index in [4.69, 9.17) is 0 Å². The minimum atomic E-state index is -0.301.